The minimum Gasteiger partial charge on any atom is -0.419 e. The molecule has 0 unspecified atom stereocenters. The van der Waals surface area contributed by atoms with Gasteiger partial charge in [-0.05, 0) is 25.0 Å². The number of rotatable bonds is 11. The molecule has 1 aromatic carbocycles. The molecular weight excluding hydrogens is 460 g/mol. The molecule has 1 amide bonds. The number of carbonyl (C=O) groups is 1. The summed E-state index contributed by atoms with van der Waals surface area (Å²) in [6.45, 7) is 1.52. The first kappa shape index (κ1) is 22.0. The Morgan fingerprint density at radius 1 is 1.32 bits per heavy atom. The summed E-state index contributed by atoms with van der Waals surface area (Å²) in [5.74, 6) is 1.02. The van der Waals surface area contributed by atoms with Gasteiger partial charge in [-0.1, -0.05) is 46.8 Å². The number of benzene rings is 1. The molecule has 0 aliphatic heterocycles. The summed E-state index contributed by atoms with van der Waals surface area (Å²) in [6.07, 6.45) is 1.96. The number of ether oxygens (including phenoxy) is 1. The van der Waals surface area contributed by atoms with Crippen LogP contribution < -0.4 is 5.32 Å². The largest absolute Gasteiger partial charge is 0.419 e. The summed E-state index contributed by atoms with van der Waals surface area (Å²) in [6, 6.07) is 7.49. The lowest BCUT2D eigenvalue weighted by Gasteiger charge is -2.20. The Kier molecular flexibility index (Phi) is 7.38. The lowest BCUT2D eigenvalue weighted by atomic mass is 10.2. The fourth-order valence-corrected chi connectivity index (χ4v) is 4.70. The van der Waals surface area contributed by atoms with Crippen LogP contribution in [0.2, 0.25) is 5.02 Å². The van der Waals surface area contributed by atoms with Crippen molar-refractivity contribution >= 4 is 45.7 Å². The van der Waals surface area contributed by atoms with Gasteiger partial charge >= 0.3 is 0 Å². The van der Waals surface area contributed by atoms with Crippen LogP contribution in [0.1, 0.15) is 18.7 Å². The third-order valence-electron chi connectivity index (χ3n) is 4.49. The van der Waals surface area contributed by atoms with Crippen LogP contribution in [0.25, 0.3) is 11.5 Å². The first-order chi connectivity index (χ1) is 15.1. The van der Waals surface area contributed by atoms with Crippen LogP contribution >= 0.6 is 34.7 Å². The van der Waals surface area contributed by atoms with Gasteiger partial charge in [0, 0.05) is 19.7 Å². The summed E-state index contributed by atoms with van der Waals surface area (Å²) in [5, 5.41) is 20.8. The van der Waals surface area contributed by atoms with Crippen molar-refractivity contribution in [1.82, 2.24) is 25.3 Å². The van der Waals surface area contributed by atoms with Crippen molar-refractivity contribution in [2.24, 2.45) is 0 Å². The third-order valence-corrected chi connectivity index (χ3v) is 6.82. The minimum atomic E-state index is 0.00841. The number of nitrogens with zero attached hydrogens (tertiary/aromatic N) is 5. The van der Waals surface area contributed by atoms with Gasteiger partial charge in [0.1, 0.15) is 0 Å². The van der Waals surface area contributed by atoms with Crippen molar-refractivity contribution in [2.45, 2.75) is 29.8 Å². The Balaban J connectivity index is 1.34. The van der Waals surface area contributed by atoms with Crippen molar-refractivity contribution < 1.29 is 13.9 Å². The van der Waals surface area contributed by atoms with Crippen molar-refractivity contribution in [1.29, 1.82) is 0 Å². The highest BCUT2D eigenvalue weighted by atomic mass is 35.5. The number of aromatic nitrogens is 4. The zero-order valence-electron chi connectivity index (χ0n) is 16.8. The second-order valence-electron chi connectivity index (χ2n) is 6.81. The lowest BCUT2D eigenvalue weighted by Crippen LogP contribution is -2.34. The molecule has 1 fully saturated rings. The predicted octanol–water partition coefficient (Wildman–Crippen LogP) is 3.58. The van der Waals surface area contributed by atoms with Gasteiger partial charge in [0.25, 0.3) is 0 Å². The second-order valence-corrected chi connectivity index (χ2v) is 9.42. The molecule has 2 heterocycles. The molecule has 2 aromatic heterocycles. The van der Waals surface area contributed by atoms with Gasteiger partial charge in [0.05, 0.1) is 29.5 Å². The highest BCUT2D eigenvalue weighted by molar-refractivity contribution is 8.01. The standard InChI is InChI=1S/C19H21ClN6O3S2/c1-28-9-8-21-18-24-25-19(31-18)30-11-16(27)26(12-6-7-12)10-15-22-23-17(29-15)13-4-2-3-5-14(13)20/h2-5,12H,6-11H2,1H3,(H,21,24). The van der Waals surface area contributed by atoms with E-state index in [0.29, 0.717) is 40.7 Å². The Morgan fingerprint density at radius 2 is 2.16 bits per heavy atom. The molecule has 4 rings (SSSR count). The number of carbonyl (C=O) groups excluding carboxylic acids is 1. The monoisotopic (exact) mass is 480 g/mol. The van der Waals surface area contributed by atoms with Gasteiger partial charge in [0.15, 0.2) is 4.34 Å². The SMILES string of the molecule is COCCNc1nnc(SCC(=O)N(Cc2nnc(-c3ccccc3Cl)o2)C2CC2)s1. The van der Waals surface area contributed by atoms with E-state index in [4.69, 9.17) is 20.8 Å². The Bertz CT molecular complexity index is 1030. The molecule has 1 saturated carbocycles. The van der Waals surface area contributed by atoms with Gasteiger partial charge in [-0.15, -0.1) is 20.4 Å². The minimum absolute atomic E-state index is 0.00841. The van der Waals surface area contributed by atoms with E-state index in [0.717, 1.165) is 17.2 Å². The maximum atomic E-state index is 12.9. The number of nitrogens with one attached hydrogen (secondary N) is 1. The number of thioether (sulfide) groups is 1. The molecule has 12 heteroatoms. The van der Waals surface area contributed by atoms with Gasteiger partial charge < -0.3 is 19.4 Å². The highest BCUT2D eigenvalue weighted by Crippen LogP contribution is 2.32. The second kappa shape index (κ2) is 10.4. The van der Waals surface area contributed by atoms with Gasteiger partial charge in [0.2, 0.25) is 22.8 Å². The number of methoxy groups -OCH3 is 1. The highest BCUT2D eigenvalue weighted by Gasteiger charge is 2.33. The third kappa shape index (κ3) is 5.94. The van der Waals surface area contributed by atoms with Crippen LogP contribution in [-0.4, -0.2) is 63.3 Å². The summed E-state index contributed by atoms with van der Waals surface area (Å²) in [4.78, 5) is 14.7. The topological polar surface area (TPSA) is 106 Å². The number of hydrogen-bond donors (Lipinski definition) is 1. The first-order valence-corrected chi connectivity index (χ1v) is 11.9. The Labute approximate surface area is 192 Å². The zero-order chi connectivity index (χ0) is 21.6. The maximum Gasteiger partial charge on any atom is 0.249 e. The molecule has 1 aliphatic carbocycles. The van der Waals surface area contributed by atoms with E-state index in [2.05, 4.69) is 25.7 Å². The van der Waals surface area contributed by atoms with E-state index < -0.39 is 0 Å². The number of halogens is 1. The van der Waals surface area contributed by atoms with Crippen molar-refractivity contribution in [2.75, 3.05) is 31.3 Å². The van der Waals surface area contributed by atoms with Crippen LogP contribution in [0, 0.1) is 0 Å². The maximum absolute atomic E-state index is 12.9. The smallest absolute Gasteiger partial charge is 0.249 e. The van der Waals surface area contributed by atoms with E-state index in [1.54, 1.807) is 18.1 Å². The Morgan fingerprint density at radius 3 is 2.94 bits per heavy atom. The molecule has 0 saturated heterocycles. The average Bonchev–Trinajstić information content (AvgIpc) is 3.33. The molecule has 1 N–H and O–H groups in total. The summed E-state index contributed by atoms with van der Waals surface area (Å²) < 4.78 is 11.5. The fourth-order valence-electron chi connectivity index (χ4n) is 2.82. The van der Waals surface area contributed by atoms with E-state index in [1.807, 2.05) is 18.2 Å². The molecule has 9 nitrogen and oxygen atoms in total. The summed E-state index contributed by atoms with van der Waals surface area (Å²) >= 11 is 9.00. The van der Waals surface area contributed by atoms with Crippen LogP contribution in [0.3, 0.4) is 0 Å². The molecule has 31 heavy (non-hydrogen) atoms. The van der Waals surface area contributed by atoms with Crippen LogP contribution in [0.4, 0.5) is 5.13 Å². The average molecular weight is 481 g/mol. The van der Waals surface area contributed by atoms with Crippen LogP contribution in [-0.2, 0) is 16.1 Å². The molecule has 164 valence electrons. The number of anilines is 1. The Hall–Kier alpha value is -2.21. The molecule has 0 radical (unpaired) electrons. The number of amides is 1. The van der Waals surface area contributed by atoms with Crippen molar-refractivity contribution in [3.63, 3.8) is 0 Å². The summed E-state index contributed by atoms with van der Waals surface area (Å²) in [5.41, 5.74) is 0.675. The molecular formula is C19H21ClN6O3S2. The first-order valence-electron chi connectivity index (χ1n) is 9.70. The van der Waals surface area contributed by atoms with E-state index in [9.17, 15) is 4.79 Å². The molecule has 0 atom stereocenters. The van der Waals surface area contributed by atoms with E-state index >= 15 is 0 Å². The van der Waals surface area contributed by atoms with Crippen molar-refractivity contribution in [3.8, 4) is 11.5 Å². The zero-order valence-corrected chi connectivity index (χ0v) is 19.2. The predicted molar refractivity (Wildman–Crippen MR) is 119 cm³/mol. The molecule has 3 aromatic rings. The lowest BCUT2D eigenvalue weighted by molar-refractivity contribution is -0.129. The fraction of sp³-hybridized carbons (Fsp3) is 0.421. The number of hydrogen-bond acceptors (Lipinski definition) is 10. The molecule has 0 bridgehead atoms. The van der Waals surface area contributed by atoms with Crippen LogP contribution in [0.15, 0.2) is 33.0 Å². The van der Waals surface area contributed by atoms with E-state index in [1.165, 1.54) is 23.1 Å². The molecule has 1 aliphatic rings. The van der Waals surface area contributed by atoms with Gasteiger partial charge in [-0.3, -0.25) is 4.79 Å². The van der Waals surface area contributed by atoms with Crippen molar-refractivity contribution in [3.05, 3.63) is 35.2 Å². The molecule has 0 spiro atoms. The van der Waals surface area contributed by atoms with E-state index in [-0.39, 0.29) is 24.2 Å². The van der Waals surface area contributed by atoms with Gasteiger partial charge in [-0.25, -0.2) is 0 Å². The normalized spacial score (nSPS) is 13.4. The van der Waals surface area contributed by atoms with Gasteiger partial charge in [-0.2, -0.15) is 0 Å². The van der Waals surface area contributed by atoms with Crippen LogP contribution in [0.5, 0.6) is 0 Å². The summed E-state index contributed by atoms with van der Waals surface area (Å²) in [7, 11) is 1.65. The quantitative estimate of drug-likeness (QED) is 0.325.